The van der Waals surface area contributed by atoms with Crippen molar-refractivity contribution < 1.29 is 28.5 Å². The molecule has 1 amide bonds. The van der Waals surface area contributed by atoms with Crippen LogP contribution in [0.4, 0.5) is 11.4 Å². The van der Waals surface area contributed by atoms with E-state index < -0.39 is 5.97 Å². The molecule has 0 spiro atoms. The Hall–Kier alpha value is -3.42. The van der Waals surface area contributed by atoms with E-state index in [9.17, 15) is 9.59 Å². The number of methoxy groups -OCH3 is 4. The highest BCUT2D eigenvalue weighted by atomic mass is 16.5. The summed E-state index contributed by atoms with van der Waals surface area (Å²) in [4.78, 5) is 23.7. The summed E-state index contributed by atoms with van der Waals surface area (Å²) in [6, 6.07) is 9.90. The minimum atomic E-state index is -0.471. The standard InChI is InChI=1S/C19H22N2O6/c1-24-15-9-14(10-16(25-2)18(15)26-3)20-11-17(22)21-13-7-5-6-12(8-13)19(23)27-4/h5-10,20H,11H2,1-4H3,(H,21,22). The number of rotatable bonds is 8. The van der Waals surface area contributed by atoms with Gasteiger partial charge in [-0.3, -0.25) is 4.79 Å². The van der Waals surface area contributed by atoms with Crippen LogP contribution in [-0.4, -0.2) is 46.9 Å². The molecule has 0 saturated carbocycles. The van der Waals surface area contributed by atoms with Gasteiger partial charge in [0.25, 0.3) is 0 Å². The minimum absolute atomic E-state index is 0.00108. The second-order valence-corrected chi connectivity index (χ2v) is 5.39. The van der Waals surface area contributed by atoms with Gasteiger partial charge in [0.1, 0.15) is 0 Å². The molecule has 0 unspecified atom stereocenters. The van der Waals surface area contributed by atoms with Crippen LogP contribution in [0.1, 0.15) is 10.4 Å². The lowest BCUT2D eigenvalue weighted by Gasteiger charge is -2.15. The summed E-state index contributed by atoms with van der Waals surface area (Å²) in [6.45, 7) is 0.00108. The van der Waals surface area contributed by atoms with Gasteiger partial charge in [-0.2, -0.15) is 0 Å². The molecule has 8 heteroatoms. The predicted octanol–water partition coefficient (Wildman–Crippen LogP) is 2.55. The first-order valence-electron chi connectivity index (χ1n) is 8.04. The van der Waals surface area contributed by atoms with Crippen molar-refractivity contribution in [1.82, 2.24) is 0 Å². The van der Waals surface area contributed by atoms with E-state index in [1.165, 1.54) is 28.4 Å². The predicted molar refractivity (Wildman–Crippen MR) is 101 cm³/mol. The summed E-state index contributed by atoms with van der Waals surface area (Å²) in [5.41, 5.74) is 1.48. The number of ether oxygens (including phenoxy) is 4. The summed E-state index contributed by atoms with van der Waals surface area (Å²) >= 11 is 0. The van der Waals surface area contributed by atoms with E-state index in [2.05, 4.69) is 15.4 Å². The van der Waals surface area contributed by atoms with Crippen LogP contribution in [0.2, 0.25) is 0 Å². The molecule has 0 bridgehead atoms. The molecule has 0 atom stereocenters. The number of carbonyl (C=O) groups is 2. The zero-order valence-corrected chi connectivity index (χ0v) is 15.6. The van der Waals surface area contributed by atoms with Gasteiger partial charge in [-0.15, -0.1) is 0 Å². The molecule has 27 heavy (non-hydrogen) atoms. The van der Waals surface area contributed by atoms with Crippen molar-refractivity contribution in [2.75, 3.05) is 45.6 Å². The number of amides is 1. The quantitative estimate of drug-likeness (QED) is 0.686. The maximum atomic E-state index is 12.2. The summed E-state index contributed by atoms with van der Waals surface area (Å²) < 4.78 is 20.5. The highest BCUT2D eigenvalue weighted by Gasteiger charge is 2.14. The van der Waals surface area contributed by atoms with Gasteiger partial charge < -0.3 is 29.6 Å². The van der Waals surface area contributed by atoms with E-state index in [4.69, 9.17) is 14.2 Å². The van der Waals surface area contributed by atoms with Crippen molar-refractivity contribution in [3.63, 3.8) is 0 Å². The Morgan fingerprint density at radius 1 is 0.889 bits per heavy atom. The fraction of sp³-hybridized carbons (Fsp3) is 0.263. The van der Waals surface area contributed by atoms with E-state index in [0.29, 0.717) is 34.2 Å². The molecule has 0 aromatic heterocycles. The summed E-state index contributed by atoms with van der Waals surface area (Å²) in [7, 11) is 5.85. The molecule has 2 aromatic carbocycles. The molecule has 0 radical (unpaired) electrons. The highest BCUT2D eigenvalue weighted by Crippen LogP contribution is 2.39. The molecule has 2 aromatic rings. The van der Waals surface area contributed by atoms with Crippen LogP contribution < -0.4 is 24.8 Å². The number of carbonyl (C=O) groups excluding carboxylic acids is 2. The Labute approximate surface area is 157 Å². The van der Waals surface area contributed by atoms with Gasteiger partial charge >= 0.3 is 5.97 Å². The smallest absolute Gasteiger partial charge is 0.337 e. The first-order chi connectivity index (χ1) is 13.0. The lowest BCUT2D eigenvalue weighted by atomic mass is 10.2. The second-order valence-electron chi connectivity index (χ2n) is 5.39. The minimum Gasteiger partial charge on any atom is -0.493 e. The van der Waals surface area contributed by atoms with Gasteiger partial charge in [-0.05, 0) is 18.2 Å². The van der Waals surface area contributed by atoms with Crippen LogP contribution in [0.5, 0.6) is 17.2 Å². The van der Waals surface area contributed by atoms with Crippen LogP contribution in [0.15, 0.2) is 36.4 Å². The Kier molecular flexibility index (Phi) is 6.87. The van der Waals surface area contributed by atoms with Crippen molar-refractivity contribution >= 4 is 23.3 Å². The molecular formula is C19H22N2O6. The molecule has 8 nitrogen and oxygen atoms in total. The molecule has 0 fully saturated rings. The Morgan fingerprint density at radius 2 is 1.56 bits per heavy atom. The van der Waals surface area contributed by atoms with Gasteiger partial charge in [0.15, 0.2) is 11.5 Å². The van der Waals surface area contributed by atoms with Crippen molar-refractivity contribution in [1.29, 1.82) is 0 Å². The molecular weight excluding hydrogens is 352 g/mol. The zero-order chi connectivity index (χ0) is 19.8. The van der Waals surface area contributed by atoms with Gasteiger partial charge in [-0.1, -0.05) is 6.07 Å². The van der Waals surface area contributed by atoms with Gasteiger partial charge in [-0.25, -0.2) is 4.79 Å². The Morgan fingerprint density at radius 3 is 2.11 bits per heavy atom. The van der Waals surface area contributed by atoms with Gasteiger partial charge in [0, 0.05) is 23.5 Å². The monoisotopic (exact) mass is 374 g/mol. The number of nitrogens with one attached hydrogen (secondary N) is 2. The van der Waals surface area contributed by atoms with Crippen molar-refractivity contribution in [2.45, 2.75) is 0 Å². The van der Waals surface area contributed by atoms with Crippen LogP contribution in [-0.2, 0) is 9.53 Å². The summed E-state index contributed by atoms with van der Waals surface area (Å²) in [5, 5.41) is 5.71. The lowest BCUT2D eigenvalue weighted by molar-refractivity contribution is -0.114. The first-order valence-corrected chi connectivity index (χ1v) is 8.04. The third kappa shape index (κ3) is 5.04. The molecule has 0 aliphatic rings. The lowest BCUT2D eigenvalue weighted by Crippen LogP contribution is -2.22. The first kappa shape index (κ1) is 19.9. The maximum absolute atomic E-state index is 12.2. The van der Waals surface area contributed by atoms with E-state index in [1.807, 2.05) is 0 Å². The normalized spacial score (nSPS) is 9.93. The Bertz CT molecular complexity index is 797. The van der Waals surface area contributed by atoms with Crippen LogP contribution in [0, 0.1) is 0 Å². The number of esters is 1. The van der Waals surface area contributed by atoms with Gasteiger partial charge in [0.2, 0.25) is 11.7 Å². The van der Waals surface area contributed by atoms with Gasteiger partial charge in [0.05, 0.1) is 40.5 Å². The SMILES string of the molecule is COC(=O)c1cccc(NC(=O)CNc2cc(OC)c(OC)c(OC)c2)c1. The van der Waals surface area contributed by atoms with Crippen molar-refractivity contribution in [2.24, 2.45) is 0 Å². The molecule has 2 rings (SSSR count). The third-order valence-corrected chi connectivity index (χ3v) is 3.69. The van der Waals surface area contributed by atoms with E-state index in [1.54, 1.807) is 36.4 Å². The van der Waals surface area contributed by atoms with E-state index in [-0.39, 0.29) is 12.5 Å². The molecule has 2 N–H and O–H groups in total. The third-order valence-electron chi connectivity index (χ3n) is 3.69. The fourth-order valence-corrected chi connectivity index (χ4v) is 2.41. The average molecular weight is 374 g/mol. The average Bonchev–Trinajstić information content (AvgIpc) is 2.70. The van der Waals surface area contributed by atoms with Crippen LogP contribution in [0.25, 0.3) is 0 Å². The zero-order valence-electron chi connectivity index (χ0n) is 15.6. The second kappa shape index (κ2) is 9.33. The Balaban J connectivity index is 2.04. The van der Waals surface area contributed by atoms with E-state index >= 15 is 0 Å². The molecule has 144 valence electrons. The molecule has 0 heterocycles. The molecule has 0 aliphatic carbocycles. The van der Waals surface area contributed by atoms with Crippen LogP contribution >= 0.6 is 0 Å². The highest BCUT2D eigenvalue weighted by molar-refractivity contribution is 5.96. The fourth-order valence-electron chi connectivity index (χ4n) is 2.41. The van der Waals surface area contributed by atoms with Crippen LogP contribution in [0.3, 0.4) is 0 Å². The topological polar surface area (TPSA) is 95.1 Å². The van der Waals surface area contributed by atoms with Crippen molar-refractivity contribution in [3.05, 3.63) is 42.0 Å². The number of hydrogen-bond acceptors (Lipinski definition) is 7. The number of hydrogen-bond donors (Lipinski definition) is 2. The number of anilines is 2. The molecule has 0 aliphatic heterocycles. The van der Waals surface area contributed by atoms with E-state index in [0.717, 1.165) is 0 Å². The maximum Gasteiger partial charge on any atom is 0.337 e. The largest absolute Gasteiger partial charge is 0.493 e. The summed E-state index contributed by atoms with van der Waals surface area (Å²) in [6.07, 6.45) is 0. The van der Waals surface area contributed by atoms with Crippen molar-refractivity contribution in [3.8, 4) is 17.2 Å². The molecule has 0 saturated heterocycles. The summed E-state index contributed by atoms with van der Waals surface area (Å²) in [5.74, 6) is 0.665. The number of benzene rings is 2.